The van der Waals surface area contributed by atoms with Crippen molar-refractivity contribution >= 4 is 0 Å². The topological polar surface area (TPSA) is 12.0 Å². The van der Waals surface area contributed by atoms with Crippen LogP contribution in [0.3, 0.4) is 0 Å². The van der Waals surface area contributed by atoms with E-state index < -0.39 is 0 Å². The highest BCUT2D eigenvalue weighted by Gasteiger charge is 2.34. The first kappa shape index (κ1) is 9.51. The van der Waals surface area contributed by atoms with Gasteiger partial charge in [0, 0.05) is 12.1 Å². The van der Waals surface area contributed by atoms with Crippen molar-refractivity contribution in [2.45, 2.75) is 64.5 Å². The van der Waals surface area contributed by atoms with Crippen LogP contribution < -0.4 is 5.32 Å². The first-order valence-electron chi connectivity index (χ1n) is 6.07. The maximum absolute atomic E-state index is 3.84. The van der Waals surface area contributed by atoms with E-state index in [2.05, 4.69) is 19.2 Å². The molecule has 4 atom stereocenters. The lowest BCUT2D eigenvalue weighted by molar-refractivity contribution is 0.124. The van der Waals surface area contributed by atoms with E-state index >= 15 is 0 Å². The number of fused-ring (bicyclic) bond motifs is 1. The van der Waals surface area contributed by atoms with Crippen molar-refractivity contribution in [3.63, 3.8) is 0 Å². The van der Waals surface area contributed by atoms with Gasteiger partial charge in [-0.2, -0.15) is 0 Å². The van der Waals surface area contributed by atoms with Crippen LogP contribution in [-0.4, -0.2) is 12.1 Å². The number of rotatable bonds is 1. The fourth-order valence-corrected chi connectivity index (χ4v) is 3.28. The molecule has 1 aliphatic carbocycles. The molecule has 1 heteroatoms. The Morgan fingerprint density at radius 2 is 2.00 bits per heavy atom. The molecule has 0 amide bonds. The Morgan fingerprint density at radius 1 is 1.15 bits per heavy atom. The van der Waals surface area contributed by atoms with E-state index in [0.717, 1.165) is 23.9 Å². The average Bonchev–Trinajstić information content (AvgIpc) is 2.18. The first-order valence-corrected chi connectivity index (χ1v) is 6.07. The molecule has 1 nitrogen and oxygen atoms in total. The number of nitrogens with one attached hydrogen (secondary N) is 1. The van der Waals surface area contributed by atoms with Gasteiger partial charge >= 0.3 is 0 Å². The van der Waals surface area contributed by atoms with E-state index in [1.165, 1.54) is 38.5 Å². The summed E-state index contributed by atoms with van der Waals surface area (Å²) in [6.45, 7) is 4.76. The summed E-state index contributed by atoms with van der Waals surface area (Å²) < 4.78 is 0. The van der Waals surface area contributed by atoms with Crippen molar-refractivity contribution < 1.29 is 0 Å². The molecule has 1 N–H and O–H groups in total. The van der Waals surface area contributed by atoms with Crippen LogP contribution in [0.25, 0.3) is 0 Å². The third-order valence-corrected chi connectivity index (χ3v) is 4.21. The molecule has 0 aromatic rings. The summed E-state index contributed by atoms with van der Waals surface area (Å²) in [7, 11) is 0. The van der Waals surface area contributed by atoms with Crippen LogP contribution in [0.5, 0.6) is 0 Å². The predicted molar refractivity (Wildman–Crippen MR) is 56.7 cm³/mol. The average molecular weight is 181 g/mol. The summed E-state index contributed by atoms with van der Waals surface area (Å²) in [6, 6.07) is 1.69. The molecule has 13 heavy (non-hydrogen) atoms. The summed E-state index contributed by atoms with van der Waals surface area (Å²) in [4.78, 5) is 0. The predicted octanol–water partition coefficient (Wildman–Crippen LogP) is 2.95. The van der Waals surface area contributed by atoms with Crippen LogP contribution in [0.4, 0.5) is 0 Å². The van der Waals surface area contributed by atoms with Crippen molar-refractivity contribution in [2.24, 2.45) is 11.8 Å². The Balaban J connectivity index is 1.95. The van der Waals surface area contributed by atoms with Crippen LogP contribution in [0, 0.1) is 11.8 Å². The zero-order valence-corrected chi connectivity index (χ0v) is 9.05. The third kappa shape index (κ3) is 1.90. The quantitative estimate of drug-likeness (QED) is 0.656. The van der Waals surface area contributed by atoms with Gasteiger partial charge in [-0.25, -0.2) is 0 Å². The van der Waals surface area contributed by atoms with E-state index in [0.29, 0.717) is 0 Å². The van der Waals surface area contributed by atoms with Gasteiger partial charge in [0.1, 0.15) is 0 Å². The van der Waals surface area contributed by atoms with Gasteiger partial charge in [-0.3, -0.25) is 0 Å². The molecule has 2 aliphatic rings. The Bertz CT molecular complexity index is 167. The van der Waals surface area contributed by atoms with E-state index in [1.54, 1.807) is 0 Å². The molecule has 76 valence electrons. The van der Waals surface area contributed by atoms with Gasteiger partial charge in [0.05, 0.1) is 0 Å². The molecular weight excluding hydrogens is 158 g/mol. The van der Waals surface area contributed by atoms with Crippen LogP contribution in [0.15, 0.2) is 0 Å². The van der Waals surface area contributed by atoms with Crippen molar-refractivity contribution in [3.05, 3.63) is 0 Å². The Kier molecular flexibility index (Phi) is 2.92. The molecule has 1 aliphatic heterocycles. The van der Waals surface area contributed by atoms with Crippen LogP contribution >= 0.6 is 0 Å². The largest absolute Gasteiger partial charge is 0.311 e. The zero-order chi connectivity index (χ0) is 9.26. The molecule has 0 aromatic carbocycles. The van der Waals surface area contributed by atoms with E-state index in [9.17, 15) is 0 Å². The van der Waals surface area contributed by atoms with Gasteiger partial charge < -0.3 is 5.32 Å². The molecule has 2 rings (SSSR count). The monoisotopic (exact) mass is 181 g/mol. The Labute approximate surface area is 82.3 Å². The minimum absolute atomic E-state index is 0.826. The molecule has 0 bridgehead atoms. The SMILES string of the molecule is CCC1CCC2C(C)CCCC2N1. The standard InChI is InChI=1S/C12H23N/c1-3-10-7-8-11-9(2)5-4-6-12(11)13-10/h9-13H,3-8H2,1-2H3. The summed E-state index contributed by atoms with van der Waals surface area (Å²) in [5.74, 6) is 1.97. The van der Waals surface area contributed by atoms with E-state index in [-0.39, 0.29) is 0 Å². The molecule has 1 saturated carbocycles. The Morgan fingerprint density at radius 3 is 2.77 bits per heavy atom. The second-order valence-electron chi connectivity index (χ2n) is 5.03. The maximum Gasteiger partial charge on any atom is 0.0100 e. The number of hydrogen-bond acceptors (Lipinski definition) is 1. The van der Waals surface area contributed by atoms with Gasteiger partial charge in [-0.05, 0) is 37.5 Å². The summed E-state index contributed by atoms with van der Waals surface area (Å²) in [5, 5.41) is 3.84. The fraction of sp³-hybridized carbons (Fsp3) is 1.00. The molecule has 0 radical (unpaired) electrons. The Hall–Kier alpha value is -0.0400. The van der Waals surface area contributed by atoms with Crippen LogP contribution in [0.2, 0.25) is 0 Å². The molecule has 1 saturated heterocycles. The van der Waals surface area contributed by atoms with Crippen LogP contribution in [0.1, 0.15) is 52.4 Å². The van der Waals surface area contributed by atoms with Gasteiger partial charge in [0.25, 0.3) is 0 Å². The summed E-state index contributed by atoms with van der Waals surface area (Å²) in [5.41, 5.74) is 0. The van der Waals surface area contributed by atoms with Gasteiger partial charge in [0.2, 0.25) is 0 Å². The summed E-state index contributed by atoms with van der Waals surface area (Å²) >= 11 is 0. The maximum atomic E-state index is 3.84. The fourth-order valence-electron chi connectivity index (χ4n) is 3.28. The normalized spacial score (nSPS) is 45.7. The third-order valence-electron chi connectivity index (χ3n) is 4.21. The molecule has 4 unspecified atom stereocenters. The highest BCUT2D eigenvalue weighted by atomic mass is 15.0. The van der Waals surface area contributed by atoms with Crippen molar-refractivity contribution in [1.82, 2.24) is 5.32 Å². The second-order valence-corrected chi connectivity index (χ2v) is 5.03. The van der Waals surface area contributed by atoms with Gasteiger partial charge in [0.15, 0.2) is 0 Å². The molecule has 2 fully saturated rings. The molecular formula is C12H23N. The smallest absolute Gasteiger partial charge is 0.0100 e. The van der Waals surface area contributed by atoms with E-state index in [1.807, 2.05) is 0 Å². The first-order chi connectivity index (χ1) is 6.31. The molecule has 0 spiro atoms. The van der Waals surface area contributed by atoms with E-state index in [4.69, 9.17) is 0 Å². The molecule has 0 aromatic heterocycles. The highest BCUT2D eigenvalue weighted by molar-refractivity contribution is 4.91. The van der Waals surface area contributed by atoms with Gasteiger partial charge in [-0.15, -0.1) is 0 Å². The lowest BCUT2D eigenvalue weighted by atomic mass is 9.71. The second kappa shape index (κ2) is 4.00. The van der Waals surface area contributed by atoms with Crippen molar-refractivity contribution in [2.75, 3.05) is 0 Å². The lowest BCUT2D eigenvalue weighted by Crippen LogP contribution is -2.50. The number of hydrogen-bond donors (Lipinski definition) is 1. The number of piperidine rings is 1. The van der Waals surface area contributed by atoms with Crippen molar-refractivity contribution in [3.8, 4) is 0 Å². The minimum Gasteiger partial charge on any atom is -0.311 e. The highest BCUT2D eigenvalue weighted by Crippen LogP contribution is 2.36. The molecule has 1 heterocycles. The van der Waals surface area contributed by atoms with Gasteiger partial charge in [-0.1, -0.05) is 26.7 Å². The lowest BCUT2D eigenvalue weighted by Gasteiger charge is -2.43. The zero-order valence-electron chi connectivity index (χ0n) is 9.05. The van der Waals surface area contributed by atoms with Crippen molar-refractivity contribution in [1.29, 1.82) is 0 Å². The summed E-state index contributed by atoms with van der Waals surface area (Å²) in [6.07, 6.45) is 8.58. The minimum atomic E-state index is 0.826. The van der Waals surface area contributed by atoms with Crippen LogP contribution in [-0.2, 0) is 0 Å².